The summed E-state index contributed by atoms with van der Waals surface area (Å²) in [5.74, 6) is -1.59. The van der Waals surface area contributed by atoms with Gasteiger partial charge in [-0.05, 0) is 72.3 Å². The van der Waals surface area contributed by atoms with Gasteiger partial charge in [0.15, 0.2) is 17.5 Å². The average molecular weight is 332 g/mol. The second-order valence-corrected chi connectivity index (χ2v) is 7.23. The molecule has 1 saturated carbocycles. The highest BCUT2D eigenvalue weighted by molar-refractivity contribution is 5.64. The van der Waals surface area contributed by atoms with E-state index in [1.54, 1.807) is 0 Å². The first-order valence-corrected chi connectivity index (χ1v) is 8.70. The number of hydrogen-bond donors (Lipinski definition) is 0. The molecule has 0 unspecified atom stereocenters. The molecular weight excluding hydrogens is 309 g/mol. The maximum atomic E-state index is 13.4. The molecule has 0 radical (unpaired) electrons. The van der Waals surface area contributed by atoms with Crippen molar-refractivity contribution in [3.05, 3.63) is 59.4 Å². The fourth-order valence-corrected chi connectivity index (χ4v) is 3.79. The van der Waals surface area contributed by atoms with Crippen molar-refractivity contribution in [1.29, 1.82) is 0 Å². The fraction of sp³-hybridized carbons (Fsp3) is 0.429. The van der Waals surface area contributed by atoms with E-state index in [-0.39, 0.29) is 0 Å². The fourth-order valence-electron chi connectivity index (χ4n) is 3.79. The molecule has 2 aromatic rings. The molecule has 1 fully saturated rings. The maximum absolute atomic E-state index is 13.4. The number of rotatable bonds is 3. The lowest BCUT2D eigenvalue weighted by Crippen LogP contribution is -2.17. The highest BCUT2D eigenvalue weighted by atomic mass is 19.2. The van der Waals surface area contributed by atoms with Crippen molar-refractivity contribution in [2.24, 2.45) is 11.8 Å². The van der Waals surface area contributed by atoms with E-state index in [4.69, 9.17) is 0 Å². The summed E-state index contributed by atoms with van der Waals surface area (Å²) in [5.41, 5.74) is 2.35. The van der Waals surface area contributed by atoms with E-state index in [1.165, 1.54) is 31.2 Å². The molecule has 1 aliphatic rings. The predicted octanol–water partition coefficient (Wildman–Crippen LogP) is 6.70. The van der Waals surface area contributed by atoms with Crippen molar-refractivity contribution in [3.8, 4) is 11.1 Å². The molecule has 24 heavy (non-hydrogen) atoms. The minimum Gasteiger partial charge on any atom is -0.204 e. The van der Waals surface area contributed by atoms with Crippen molar-refractivity contribution >= 4 is 0 Å². The van der Waals surface area contributed by atoms with Gasteiger partial charge in [0, 0.05) is 0 Å². The van der Waals surface area contributed by atoms with E-state index in [0.29, 0.717) is 17.0 Å². The van der Waals surface area contributed by atoms with Gasteiger partial charge in [0.25, 0.3) is 0 Å². The van der Waals surface area contributed by atoms with Crippen LogP contribution in [0, 0.1) is 29.3 Å². The Labute approximate surface area is 141 Å². The Kier molecular flexibility index (Phi) is 4.98. The van der Waals surface area contributed by atoms with Gasteiger partial charge < -0.3 is 0 Å². The van der Waals surface area contributed by atoms with Crippen LogP contribution in [0.3, 0.4) is 0 Å². The molecule has 2 aromatic carbocycles. The van der Waals surface area contributed by atoms with Crippen LogP contribution in [0.5, 0.6) is 0 Å². The standard InChI is InChI=1S/C21H23F3/c1-13(2)14-3-5-15(6-4-14)16-7-9-17(10-8-16)18-11-19(22)21(24)20(23)12-18/h7-15H,3-6H2,1-2H3. The third-order valence-corrected chi connectivity index (χ3v) is 5.41. The molecule has 1 aliphatic carbocycles. The van der Waals surface area contributed by atoms with Gasteiger partial charge in [-0.3, -0.25) is 0 Å². The van der Waals surface area contributed by atoms with Gasteiger partial charge in [-0.15, -0.1) is 0 Å². The van der Waals surface area contributed by atoms with Crippen molar-refractivity contribution in [2.45, 2.75) is 45.4 Å². The molecule has 0 atom stereocenters. The molecule has 0 bridgehead atoms. The topological polar surface area (TPSA) is 0 Å². The van der Waals surface area contributed by atoms with Gasteiger partial charge in [-0.1, -0.05) is 38.1 Å². The van der Waals surface area contributed by atoms with Gasteiger partial charge in [-0.2, -0.15) is 0 Å². The van der Waals surface area contributed by atoms with Crippen LogP contribution < -0.4 is 0 Å². The first-order valence-electron chi connectivity index (χ1n) is 8.70. The Morgan fingerprint density at radius 1 is 0.792 bits per heavy atom. The van der Waals surface area contributed by atoms with Gasteiger partial charge >= 0.3 is 0 Å². The Balaban J connectivity index is 1.75. The van der Waals surface area contributed by atoms with E-state index < -0.39 is 17.5 Å². The Hall–Kier alpha value is -1.77. The summed E-state index contributed by atoms with van der Waals surface area (Å²) in [6, 6.07) is 9.90. The molecule has 0 N–H and O–H groups in total. The Morgan fingerprint density at radius 2 is 1.33 bits per heavy atom. The van der Waals surface area contributed by atoms with E-state index in [9.17, 15) is 13.2 Å². The summed E-state index contributed by atoms with van der Waals surface area (Å²) < 4.78 is 39.8. The molecule has 0 spiro atoms. The van der Waals surface area contributed by atoms with Crippen molar-refractivity contribution in [2.75, 3.05) is 0 Å². The summed E-state index contributed by atoms with van der Waals surface area (Å²) in [5, 5.41) is 0. The third kappa shape index (κ3) is 3.50. The lowest BCUT2D eigenvalue weighted by atomic mass is 9.74. The first-order chi connectivity index (χ1) is 11.5. The second-order valence-electron chi connectivity index (χ2n) is 7.23. The summed E-state index contributed by atoms with van der Waals surface area (Å²) >= 11 is 0. The van der Waals surface area contributed by atoms with Crippen LogP contribution in [0.4, 0.5) is 13.2 Å². The Bertz CT molecular complexity index is 673. The highest BCUT2D eigenvalue weighted by Gasteiger charge is 2.24. The lowest BCUT2D eigenvalue weighted by Gasteiger charge is -2.31. The lowest BCUT2D eigenvalue weighted by molar-refractivity contribution is 0.259. The van der Waals surface area contributed by atoms with E-state index in [0.717, 1.165) is 24.0 Å². The molecule has 0 nitrogen and oxygen atoms in total. The molecule has 0 amide bonds. The third-order valence-electron chi connectivity index (χ3n) is 5.41. The summed E-state index contributed by atoms with van der Waals surface area (Å²) in [4.78, 5) is 0. The summed E-state index contributed by atoms with van der Waals surface area (Å²) in [6.07, 6.45) is 4.92. The van der Waals surface area contributed by atoms with Crippen LogP contribution in [0.25, 0.3) is 11.1 Å². The molecule has 3 rings (SSSR count). The van der Waals surface area contributed by atoms with E-state index in [1.807, 2.05) is 24.3 Å². The molecule has 0 aromatic heterocycles. The average Bonchev–Trinajstić information content (AvgIpc) is 2.59. The van der Waals surface area contributed by atoms with Crippen molar-refractivity contribution in [1.82, 2.24) is 0 Å². The Morgan fingerprint density at radius 3 is 1.83 bits per heavy atom. The van der Waals surface area contributed by atoms with Gasteiger partial charge in [0.2, 0.25) is 0 Å². The monoisotopic (exact) mass is 332 g/mol. The smallest absolute Gasteiger partial charge is 0.194 e. The molecule has 0 heterocycles. The zero-order valence-corrected chi connectivity index (χ0v) is 14.2. The number of benzene rings is 2. The van der Waals surface area contributed by atoms with Gasteiger partial charge in [-0.25, -0.2) is 13.2 Å². The largest absolute Gasteiger partial charge is 0.204 e. The molecule has 0 aliphatic heterocycles. The van der Waals surface area contributed by atoms with Crippen molar-refractivity contribution < 1.29 is 13.2 Å². The van der Waals surface area contributed by atoms with E-state index >= 15 is 0 Å². The summed E-state index contributed by atoms with van der Waals surface area (Å²) in [7, 11) is 0. The second kappa shape index (κ2) is 7.00. The van der Waals surface area contributed by atoms with E-state index in [2.05, 4.69) is 13.8 Å². The zero-order chi connectivity index (χ0) is 17.3. The molecular formula is C21H23F3. The van der Waals surface area contributed by atoms with Crippen LogP contribution in [-0.2, 0) is 0 Å². The van der Waals surface area contributed by atoms with Crippen LogP contribution in [0.1, 0.15) is 51.0 Å². The van der Waals surface area contributed by atoms with Crippen LogP contribution in [0.15, 0.2) is 36.4 Å². The van der Waals surface area contributed by atoms with Gasteiger partial charge in [0.1, 0.15) is 0 Å². The van der Waals surface area contributed by atoms with Crippen LogP contribution >= 0.6 is 0 Å². The zero-order valence-electron chi connectivity index (χ0n) is 14.2. The van der Waals surface area contributed by atoms with Gasteiger partial charge in [0.05, 0.1) is 0 Å². The SMILES string of the molecule is CC(C)C1CCC(c2ccc(-c3cc(F)c(F)c(F)c3)cc2)CC1. The minimum absolute atomic E-state index is 0.362. The predicted molar refractivity (Wildman–Crippen MR) is 91.3 cm³/mol. The number of halogens is 3. The molecule has 128 valence electrons. The number of hydrogen-bond acceptors (Lipinski definition) is 0. The van der Waals surface area contributed by atoms with Crippen LogP contribution in [0.2, 0.25) is 0 Å². The summed E-state index contributed by atoms with van der Waals surface area (Å²) in [6.45, 7) is 4.58. The molecule has 3 heteroatoms. The first kappa shape index (κ1) is 17.1. The normalized spacial score (nSPS) is 21.2. The minimum atomic E-state index is -1.42. The molecule has 0 saturated heterocycles. The van der Waals surface area contributed by atoms with Crippen molar-refractivity contribution in [3.63, 3.8) is 0 Å². The maximum Gasteiger partial charge on any atom is 0.194 e. The van der Waals surface area contributed by atoms with Crippen LogP contribution in [-0.4, -0.2) is 0 Å². The quantitative estimate of drug-likeness (QED) is 0.549. The highest BCUT2D eigenvalue weighted by Crippen LogP contribution is 2.39.